The summed E-state index contributed by atoms with van der Waals surface area (Å²) in [4.78, 5) is 6.88. The number of pyridine rings is 1. The van der Waals surface area contributed by atoms with Gasteiger partial charge < -0.3 is 4.90 Å². The average molecular weight is 304 g/mol. The fraction of sp³-hybridized carbons (Fsp3) is 0.583. The minimum atomic E-state index is 0.447. The maximum absolute atomic E-state index is 6.03. The molecule has 1 aliphatic rings. The monoisotopic (exact) mass is 302 g/mol. The molecule has 0 radical (unpaired) electrons. The molecule has 16 heavy (non-hydrogen) atoms. The molecule has 0 bridgehead atoms. The number of piperidine rings is 1. The molecule has 0 amide bonds. The molecule has 0 aromatic carbocycles. The molecular formula is C12H16BrClN2. The Bertz CT molecular complexity index is 370. The Morgan fingerprint density at radius 3 is 3.06 bits per heavy atom. The van der Waals surface area contributed by atoms with E-state index in [1.807, 2.05) is 6.20 Å². The van der Waals surface area contributed by atoms with Crippen molar-refractivity contribution in [2.24, 2.45) is 0 Å². The van der Waals surface area contributed by atoms with E-state index in [9.17, 15) is 0 Å². The molecule has 0 saturated carbocycles. The summed E-state index contributed by atoms with van der Waals surface area (Å²) in [5.41, 5.74) is 1.21. The van der Waals surface area contributed by atoms with Gasteiger partial charge in [0.05, 0.1) is 0 Å². The molecule has 0 aliphatic carbocycles. The van der Waals surface area contributed by atoms with Gasteiger partial charge in [-0.3, -0.25) is 0 Å². The van der Waals surface area contributed by atoms with Gasteiger partial charge in [-0.05, 0) is 53.7 Å². The van der Waals surface area contributed by atoms with Crippen molar-refractivity contribution in [3.05, 3.63) is 22.3 Å². The lowest BCUT2D eigenvalue weighted by molar-refractivity contribution is 0.483. The summed E-state index contributed by atoms with van der Waals surface area (Å²) >= 11 is 9.48. The van der Waals surface area contributed by atoms with Crippen LogP contribution in [-0.2, 0) is 0 Å². The second kappa shape index (κ2) is 5.37. The molecule has 1 aliphatic heterocycles. The van der Waals surface area contributed by atoms with Crippen molar-refractivity contribution in [1.29, 1.82) is 0 Å². The highest BCUT2D eigenvalue weighted by atomic mass is 79.9. The Morgan fingerprint density at radius 2 is 2.38 bits per heavy atom. The first-order valence-electron chi connectivity index (χ1n) is 5.67. The standard InChI is InChI=1S/C12H16BrClN2/c1-9-6-10(13)8-15-12(9)16-5-3-2-4-11(16)7-14/h6,8,11H,2-5,7H2,1H3. The molecule has 4 heteroatoms. The molecular weight excluding hydrogens is 288 g/mol. The maximum atomic E-state index is 6.03. The van der Waals surface area contributed by atoms with Crippen LogP contribution in [0.3, 0.4) is 0 Å². The highest BCUT2D eigenvalue weighted by Crippen LogP contribution is 2.27. The van der Waals surface area contributed by atoms with Gasteiger partial charge in [-0.15, -0.1) is 11.6 Å². The fourth-order valence-corrected chi connectivity index (χ4v) is 3.04. The Balaban J connectivity index is 2.27. The quantitative estimate of drug-likeness (QED) is 0.774. The van der Waals surface area contributed by atoms with E-state index in [0.29, 0.717) is 11.9 Å². The molecule has 1 aromatic heterocycles. The van der Waals surface area contributed by atoms with Gasteiger partial charge in [0.2, 0.25) is 0 Å². The molecule has 1 aromatic rings. The Labute approximate surface area is 110 Å². The van der Waals surface area contributed by atoms with Gasteiger partial charge in [0.15, 0.2) is 0 Å². The van der Waals surface area contributed by atoms with Crippen molar-refractivity contribution in [1.82, 2.24) is 4.98 Å². The van der Waals surface area contributed by atoms with E-state index in [-0.39, 0.29) is 0 Å². The summed E-state index contributed by atoms with van der Waals surface area (Å²) in [6, 6.07) is 2.56. The van der Waals surface area contributed by atoms with Crippen molar-refractivity contribution in [2.45, 2.75) is 32.2 Å². The van der Waals surface area contributed by atoms with Gasteiger partial charge >= 0.3 is 0 Å². The SMILES string of the molecule is Cc1cc(Br)cnc1N1CCCCC1CCl. The number of hydrogen-bond donors (Lipinski definition) is 0. The number of halogens is 2. The van der Waals surface area contributed by atoms with Crippen LogP contribution in [0.5, 0.6) is 0 Å². The fourth-order valence-electron chi connectivity index (χ4n) is 2.27. The second-order valence-electron chi connectivity index (χ2n) is 4.29. The average Bonchev–Trinajstić information content (AvgIpc) is 2.29. The molecule has 1 saturated heterocycles. The maximum Gasteiger partial charge on any atom is 0.131 e. The van der Waals surface area contributed by atoms with Crippen molar-refractivity contribution >= 4 is 33.3 Å². The van der Waals surface area contributed by atoms with Gasteiger partial charge in [0.25, 0.3) is 0 Å². The summed E-state index contributed by atoms with van der Waals surface area (Å²) in [6.07, 6.45) is 5.57. The highest BCUT2D eigenvalue weighted by Gasteiger charge is 2.23. The summed E-state index contributed by atoms with van der Waals surface area (Å²) < 4.78 is 1.04. The zero-order valence-electron chi connectivity index (χ0n) is 9.42. The predicted octanol–water partition coefficient (Wildman–Crippen LogP) is 3.75. The lowest BCUT2D eigenvalue weighted by atomic mass is 10.0. The van der Waals surface area contributed by atoms with E-state index in [0.717, 1.165) is 16.8 Å². The molecule has 2 rings (SSSR count). The number of alkyl halides is 1. The number of aromatic nitrogens is 1. The van der Waals surface area contributed by atoms with Crippen LogP contribution in [0.2, 0.25) is 0 Å². The van der Waals surface area contributed by atoms with Crippen LogP contribution in [0, 0.1) is 6.92 Å². The Morgan fingerprint density at radius 1 is 1.56 bits per heavy atom. The zero-order chi connectivity index (χ0) is 11.5. The van der Waals surface area contributed by atoms with Crippen LogP contribution in [-0.4, -0.2) is 23.5 Å². The van der Waals surface area contributed by atoms with Gasteiger partial charge in [0.1, 0.15) is 5.82 Å². The first-order chi connectivity index (χ1) is 7.72. The van der Waals surface area contributed by atoms with Crippen molar-refractivity contribution in [2.75, 3.05) is 17.3 Å². The first kappa shape index (κ1) is 12.2. The molecule has 1 fully saturated rings. The minimum Gasteiger partial charge on any atom is -0.352 e. The van der Waals surface area contributed by atoms with E-state index in [1.54, 1.807) is 0 Å². The smallest absolute Gasteiger partial charge is 0.131 e. The second-order valence-corrected chi connectivity index (χ2v) is 5.52. The lowest BCUT2D eigenvalue weighted by Crippen LogP contribution is -2.41. The molecule has 1 unspecified atom stereocenters. The third kappa shape index (κ3) is 2.51. The van der Waals surface area contributed by atoms with Gasteiger partial charge in [-0.1, -0.05) is 0 Å². The van der Waals surface area contributed by atoms with Crippen LogP contribution in [0.25, 0.3) is 0 Å². The third-order valence-electron chi connectivity index (χ3n) is 3.09. The van der Waals surface area contributed by atoms with Crippen molar-refractivity contribution in [3.8, 4) is 0 Å². The minimum absolute atomic E-state index is 0.447. The van der Waals surface area contributed by atoms with Crippen LogP contribution in [0.1, 0.15) is 24.8 Å². The van der Waals surface area contributed by atoms with Crippen LogP contribution in [0.4, 0.5) is 5.82 Å². The number of rotatable bonds is 2. The largest absolute Gasteiger partial charge is 0.352 e. The molecule has 2 nitrogen and oxygen atoms in total. The van der Waals surface area contributed by atoms with Crippen LogP contribution >= 0.6 is 27.5 Å². The highest BCUT2D eigenvalue weighted by molar-refractivity contribution is 9.10. The van der Waals surface area contributed by atoms with E-state index in [4.69, 9.17) is 11.6 Å². The number of hydrogen-bond acceptors (Lipinski definition) is 2. The van der Waals surface area contributed by atoms with Crippen LogP contribution < -0.4 is 4.90 Å². The number of aryl methyl sites for hydroxylation is 1. The normalized spacial score (nSPS) is 21.2. The lowest BCUT2D eigenvalue weighted by Gasteiger charge is -2.36. The van der Waals surface area contributed by atoms with Crippen LogP contribution in [0.15, 0.2) is 16.7 Å². The number of anilines is 1. The predicted molar refractivity (Wildman–Crippen MR) is 72.4 cm³/mol. The summed E-state index contributed by atoms with van der Waals surface area (Å²) in [5.74, 6) is 1.78. The molecule has 0 spiro atoms. The van der Waals surface area contributed by atoms with Gasteiger partial charge in [-0.2, -0.15) is 0 Å². The van der Waals surface area contributed by atoms with E-state index >= 15 is 0 Å². The Hall–Kier alpha value is -0.280. The van der Waals surface area contributed by atoms with Crippen molar-refractivity contribution < 1.29 is 0 Å². The van der Waals surface area contributed by atoms with E-state index in [2.05, 4.69) is 38.8 Å². The molecule has 2 heterocycles. The Kier molecular flexibility index (Phi) is 4.09. The zero-order valence-corrected chi connectivity index (χ0v) is 11.8. The summed E-state index contributed by atoms with van der Waals surface area (Å²) in [5, 5.41) is 0. The van der Waals surface area contributed by atoms with Crippen molar-refractivity contribution in [3.63, 3.8) is 0 Å². The first-order valence-corrected chi connectivity index (χ1v) is 7.00. The van der Waals surface area contributed by atoms with Gasteiger partial charge in [-0.25, -0.2) is 4.98 Å². The van der Waals surface area contributed by atoms with E-state index in [1.165, 1.54) is 24.8 Å². The molecule has 0 N–H and O–H groups in total. The van der Waals surface area contributed by atoms with Gasteiger partial charge in [0, 0.05) is 29.1 Å². The van der Waals surface area contributed by atoms with E-state index < -0.39 is 0 Å². The molecule has 1 atom stereocenters. The number of nitrogens with zero attached hydrogens (tertiary/aromatic N) is 2. The molecule has 88 valence electrons. The topological polar surface area (TPSA) is 16.1 Å². The summed E-state index contributed by atoms with van der Waals surface area (Å²) in [7, 11) is 0. The third-order valence-corrected chi connectivity index (χ3v) is 3.88. The summed E-state index contributed by atoms with van der Waals surface area (Å²) in [6.45, 7) is 3.18.